The Bertz CT molecular complexity index is 367. The first-order chi connectivity index (χ1) is 7.31. The topological polar surface area (TPSA) is 33.2 Å². The van der Waals surface area contributed by atoms with Gasteiger partial charge in [-0.25, -0.2) is 0 Å². The predicted molar refractivity (Wildman–Crippen MR) is 61.8 cm³/mol. The van der Waals surface area contributed by atoms with Gasteiger partial charge in [-0.15, -0.1) is 0 Å². The SMILES string of the molecule is O=C(CCBr)N1CCc2ncccc2C1. The van der Waals surface area contributed by atoms with Gasteiger partial charge in [-0.2, -0.15) is 0 Å². The van der Waals surface area contributed by atoms with Crippen LogP contribution in [0.1, 0.15) is 17.7 Å². The number of hydrogen-bond acceptors (Lipinski definition) is 2. The van der Waals surface area contributed by atoms with E-state index in [1.807, 2.05) is 17.2 Å². The van der Waals surface area contributed by atoms with Crippen LogP contribution < -0.4 is 0 Å². The Balaban J connectivity index is 2.08. The van der Waals surface area contributed by atoms with Crippen molar-refractivity contribution in [2.45, 2.75) is 19.4 Å². The molecule has 0 N–H and O–H groups in total. The summed E-state index contributed by atoms with van der Waals surface area (Å²) in [5, 5.41) is 0.738. The van der Waals surface area contributed by atoms with E-state index in [0.717, 1.165) is 30.5 Å². The molecule has 1 aromatic heterocycles. The number of rotatable bonds is 2. The molecule has 1 amide bonds. The molecule has 0 spiro atoms. The number of aromatic nitrogens is 1. The van der Waals surface area contributed by atoms with Crippen LogP contribution in [0.15, 0.2) is 18.3 Å². The van der Waals surface area contributed by atoms with Crippen molar-refractivity contribution < 1.29 is 4.79 Å². The highest BCUT2D eigenvalue weighted by Gasteiger charge is 2.20. The summed E-state index contributed by atoms with van der Waals surface area (Å²) in [7, 11) is 0. The van der Waals surface area contributed by atoms with Gasteiger partial charge >= 0.3 is 0 Å². The van der Waals surface area contributed by atoms with Crippen molar-refractivity contribution in [1.29, 1.82) is 0 Å². The Hall–Kier alpha value is -0.900. The summed E-state index contributed by atoms with van der Waals surface area (Å²) in [5.41, 5.74) is 2.33. The summed E-state index contributed by atoms with van der Waals surface area (Å²) in [6.45, 7) is 1.52. The van der Waals surface area contributed by atoms with E-state index in [2.05, 4.69) is 27.0 Å². The summed E-state index contributed by atoms with van der Waals surface area (Å²) in [5.74, 6) is 0.223. The van der Waals surface area contributed by atoms with E-state index >= 15 is 0 Å². The number of fused-ring (bicyclic) bond motifs is 1. The second-order valence-corrected chi connectivity index (χ2v) is 4.41. The number of nitrogens with zero attached hydrogens (tertiary/aromatic N) is 2. The van der Waals surface area contributed by atoms with Crippen LogP contribution in [-0.4, -0.2) is 27.7 Å². The lowest BCUT2D eigenvalue weighted by Crippen LogP contribution is -2.36. The molecule has 0 bridgehead atoms. The molecule has 15 heavy (non-hydrogen) atoms. The van der Waals surface area contributed by atoms with Gasteiger partial charge in [-0.3, -0.25) is 9.78 Å². The Kier molecular flexibility index (Phi) is 3.36. The fraction of sp³-hybridized carbons (Fsp3) is 0.455. The largest absolute Gasteiger partial charge is 0.338 e. The van der Waals surface area contributed by atoms with Gasteiger partial charge in [0, 0.05) is 43.2 Å². The number of carbonyl (C=O) groups is 1. The van der Waals surface area contributed by atoms with Crippen molar-refractivity contribution >= 4 is 21.8 Å². The Morgan fingerprint density at radius 2 is 2.47 bits per heavy atom. The molecule has 1 aromatic rings. The van der Waals surface area contributed by atoms with E-state index in [0.29, 0.717) is 6.42 Å². The molecule has 3 nitrogen and oxygen atoms in total. The van der Waals surface area contributed by atoms with Gasteiger partial charge < -0.3 is 4.90 Å². The lowest BCUT2D eigenvalue weighted by atomic mass is 10.1. The van der Waals surface area contributed by atoms with E-state index in [1.165, 1.54) is 5.56 Å². The molecule has 0 aliphatic carbocycles. The molecule has 0 unspecified atom stereocenters. The van der Waals surface area contributed by atoms with E-state index in [1.54, 1.807) is 0 Å². The maximum absolute atomic E-state index is 11.7. The van der Waals surface area contributed by atoms with Crippen LogP contribution in [-0.2, 0) is 17.8 Å². The Morgan fingerprint density at radius 3 is 3.27 bits per heavy atom. The third-order valence-electron chi connectivity index (χ3n) is 2.63. The smallest absolute Gasteiger partial charge is 0.223 e. The van der Waals surface area contributed by atoms with Crippen molar-refractivity contribution in [2.75, 3.05) is 11.9 Å². The van der Waals surface area contributed by atoms with Crippen LogP contribution in [0.3, 0.4) is 0 Å². The second kappa shape index (κ2) is 4.75. The summed E-state index contributed by atoms with van der Waals surface area (Å²) < 4.78 is 0. The second-order valence-electron chi connectivity index (χ2n) is 3.61. The summed E-state index contributed by atoms with van der Waals surface area (Å²) >= 11 is 3.29. The van der Waals surface area contributed by atoms with Crippen molar-refractivity contribution in [3.8, 4) is 0 Å². The quantitative estimate of drug-likeness (QED) is 0.766. The van der Waals surface area contributed by atoms with Gasteiger partial charge in [0.2, 0.25) is 5.91 Å². The number of amides is 1. The zero-order valence-corrected chi connectivity index (χ0v) is 10.0. The van der Waals surface area contributed by atoms with Crippen LogP contribution >= 0.6 is 15.9 Å². The van der Waals surface area contributed by atoms with Crippen LogP contribution in [0.4, 0.5) is 0 Å². The minimum Gasteiger partial charge on any atom is -0.338 e. The summed E-state index contributed by atoms with van der Waals surface area (Å²) in [4.78, 5) is 17.9. The zero-order valence-electron chi connectivity index (χ0n) is 8.45. The van der Waals surface area contributed by atoms with Gasteiger partial charge in [-0.1, -0.05) is 22.0 Å². The molecule has 1 aliphatic rings. The number of pyridine rings is 1. The lowest BCUT2D eigenvalue weighted by molar-refractivity contribution is -0.131. The average Bonchev–Trinajstić information content (AvgIpc) is 2.29. The van der Waals surface area contributed by atoms with Gasteiger partial charge in [0.05, 0.1) is 0 Å². The number of hydrogen-bond donors (Lipinski definition) is 0. The van der Waals surface area contributed by atoms with Crippen molar-refractivity contribution in [1.82, 2.24) is 9.88 Å². The van der Waals surface area contributed by atoms with Gasteiger partial charge in [0.25, 0.3) is 0 Å². The molecule has 2 rings (SSSR count). The predicted octanol–water partition coefficient (Wildman–Crippen LogP) is 1.75. The van der Waals surface area contributed by atoms with E-state index in [4.69, 9.17) is 0 Å². The highest BCUT2D eigenvalue weighted by Crippen LogP contribution is 2.16. The van der Waals surface area contributed by atoms with E-state index in [-0.39, 0.29) is 5.91 Å². The molecule has 0 aromatic carbocycles. The first kappa shape index (κ1) is 10.6. The van der Waals surface area contributed by atoms with Gasteiger partial charge in [0.1, 0.15) is 0 Å². The molecule has 0 atom stereocenters. The number of carbonyl (C=O) groups excluding carboxylic acids is 1. The monoisotopic (exact) mass is 268 g/mol. The fourth-order valence-electron chi connectivity index (χ4n) is 1.82. The molecule has 0 radical (unpaired) electrons. The van der Waals surface area contributed by atoms with Gasteiger partial charge in [-0.05, 0) is 11.6 Å². The minimum atomic E-state index is 0.223. The molecular formula is C11H13BrN2O. The van der Waals surface area contributed by atoms with Crippen molar-refractivity contribution in [3.05, 3.63) is 29.6 Å². The maximum atomic E-state index is 11.7. The maximum Gasteiger partial charge on any atom is 0.223 e. The molecule has 1 aliphatic heterocycles. The molecule has 2 heterocycles. The molecule has 4 heteroatoms. The minimum absolute atomic E-state index is 0.223. The summed E-state index contributed by atoms with van der Waals surface area (Å²) in [6, 6.07) is 3.98. The standard InChI is InChI=1S/C11H13BrN2O/c12-5-3-11(15)14-7-4-10-9(8-14)2-1-6-13-10/h1-2,6H,3-5,7-8H2. The molecule has 0 fully saturated rings. The number of halogens is 1. The first-order valence-corrected chi connectivity index (χ1v) is 6.20. The normalized spacial score (nSPS) is 14.9. The highest BCUT2D eigenvalue weighted by atomic mass is 79.9. The Morgan fingerprint density at radius 1 is 1.60 bits per heavy atom. The fourth-order valence-corrected chi connectivity index (χ4v) is 2.16. The van der Waals surface area contributed by atoms with Crippen LogP contribution in [0.5, 0.6) is 0 Å². The van der Waals surface area contributed by atoms with Crippen LogP contribution in [0, 0.1) is 0 Å². The van der Waals surface area contributed by atoms with E-state index in [9.17, 15) is 4.79 Å². The highest BCUT2D eigenvalue weighted by molar-refractivity contribution is 9.09. The van der Waals surface area contributed by atoms with Gasteiger partial charge in [0.15, 0.2) is 0 Å². The summed E-state index contributed by atoms with van der Waals surface area (Å²) in [6.07, 6.45) is 3.27. The van der Waals surface area contributed by atoms with Crippen molar-refractivity contribution in [3.63, 3.8) is 0 Å². The molecule has 0 saturated carbocycles. The number of alkyl halides is 1. The molecule has 80 valence electrons. The zero-order chi connectivity index (χ0) is 10.7. The molecule has 0 saturated heterocycles. The van der Waals surface area contributed by atoms with Crippen LogP contribution in [0.25, 0.3) is 0 Å². The van der Waals surface area contributed by atoms with Crippen molar-refractivity contribution in [2.24, 2.45) is 0 Å². The van der Waals surface area contributed by atoms with Crippen LogP contribution in [0.2, 0.25) is 0 Å². The third-order valence-corrected chi connectivity index (χ3v) is 3.02. The average molecular weight is 269 g/mol. The Labute approximate surface area is 97.6 Å². The first-order valence-electron chi connectivity index (χ1n) is 5.08. The third kappa shape index (κ3) is 2.37. The molecular weight excluding hydrogens is 256 g/mol. The lowest BCUT2D eigenvalue weighted by Gasteiger charge is -2.28. The van der Waals surface area contributed by atoms with E-state index < -0.39 is 0 Å².